The fraction of sp³-hybridized carbons (Fsp3) is 0.267. The largest absolute Gasteiger partial charge is 0.338 e. The Hall–Kier alpha value is -1.70. The molecule has 21 heavy (non-hydrogen) atoms. The number of rotatable bonds is 4. The predicted molar refractivity (Wildman–Crippen MR) is 89.4 cm³/mol. The molecular weight excluding hydrogens is 383 g/mol. The van der Waals surface area contributed by atoms with Crippen LogP contribution in [0.4, 0.5) is 0 Å². The number of nitrogens with zero attached hydrogens (tertiary/aromatic N) is 2. The van der Waals surface area contributed by atoms with Crippen LogP contribution in [0.5, 0.6) is 0 Å². The molecule has 1 aromatic carbocycles. The average molecular weight is 398 g/mol. The van der Waals surface area contributed by atoms with Crippen molar-refractivity contribution < 1.29 is 4.79 Å². The van der Waals surface area contributed by atoms with Gasteiger partial charge in [-0.2, -0.15) is 4.57 Å². The summed E-state index contributed by atoms with van der Waals surface area (Å²) in [5, 5.41) is 0. The summed E-state index contributed by atoms with van der Waals surface area (Å²) in [6.07, 6.45) is 2.32. The lowest BCUT2D eigenvalue weighted by Gasteiger charge is -2.10. The van der Waals surface area contributed by atoms with Crippen molar-refractivity contribution in [2.45, 2.75) is 19.9 Å². The maximum atomic E-state index is 12.4. The van der Waals surface area contributed by atoms with Gasteiger partial charge in [-0.3, -0.25) is 14.2 Å². The smallest absolute Gasteiger partial charge is 0.300 e. The van der Waals surface area contributed by atoms with Crippen molar-refractivity contribution in [3.63, 3.8) is 0 Å². The molecule has 110 valence electrons. The van der Waals surface area contributed by atoms with Gasteiger partial charge in [-0.15, -0.1) is 0 Å². The van der Waals surface area contributed by atoms with Gasteiger partial charge in [0.15, 0.2) is 0 Å². The standard InChI is InChI=1S/C15H15IN2O3/c1-11-10-17(9-5-8-16)15(21)18(13(11)19)14(20)12-6-3-2-4-7-12/h2-4,6-7,10H,5,8-9H2,1H3. The summed E-state index contributed by atoms with van der Waals surface area (Å²) in [7, 11) is 0. The Labute approximate surface area is 135 Å². The van der Waals surface area contributed by atoms with E-state index in [-0.39, 0.29) is 0 Å². The molecule has 0 saturated carbocycles. The van der Waals surface area contributed by atoms with Crippen LogP contribution in [0.15, 0.2) is 46.1 Å². The fourth-order valence-corrected chi connectivity index (χ4v) is 2.36. The van der Waals surface area contributed by atoms with Crippen LogP contribution in [-0.4, -0.2) is 19.5 Å². The molecule has 6 heteroatoms. The minimum absolute atomic E-state index is 0.322. The van der Waals surface area contributed by atoms with Gasteiger partial charge in [-0.1, -0.05) is 40.8 Å². The van der Waals surface area contributed by atoms with Crippen molar-refractivity contribution in [1.82, 2.24) is 9.13 Å². The van der Waals surface area contributed by atoms with Gasteiger partial charge in [-0.05, 0) is 25.5 Å². The van der Waals surface area contributed by atoms with Crippen LogP contribution in [0, 0.1) is 6.92 Å². The molecule has 0 atom stereocenters. The Kier molecular flexibility index (Phi) is 5.11. The third kappa shape index (κ3) is 3.31. The highest BCUT2D eigenvalue weighted by Gasteiger charge is 2.16. The minimum atomic E-state index is -0.586. The second-order valence-corrected chi connectivity index (χ2v) is 5.72. The molecule has 0 aliphatic heterocycles. The monoisotopic (exact) mass is 398 g/mol. The maximum absolute atomic E-state index is 12.4. The van der Waals surface area contributed by atoms with Crippen molar-refractivity contribution in [3.8, 4) is 0 Å². The molecule has 0 saturated heterocycles. The first-order chi connectivity index (χ1) is 10.1. The zero-order valence-electron chi connectivity index (χ0n) is 11.6. The van der Waals surface area contributed by atoms with E-state index in [1.807, 2.05) is 0 Å². The number of benzene rings is 1. The summed E-state index contributed by atoms with van der Waals surface area (Å²) < 4.78 is 3.04. The number of carbonyl (C=O) groups is 1. The number of hydrogen-bond acceptors (Lipinski definition) is 3. The van der Waals surface area contributed by atoms with Gasteiger partial charge in [0.05, 0.1) is 0 Å². The van der Waals surface area contributed by atoms with Crippen molar-refractivity contribution in [3.05, 3.63) is 68.5 Å². The van der Waals surface area contributed by atoms with E-state index in [0.29, 0.717) is 17.7 Å². The number of aromatic nitrogens is 2. The molecule has 1 aromatic heterocycles. The third-order valence-corrected chi connectivity index (χ3v) is 3.85. The van der Waals surface area contributed by atoms with E-state index >= 15 is 0 Å². The van der Waals surface area contributed by atoms with Crippen LogP contribution in [-0.2, 0) is 6.54 Å². The average Bonchev–Trinajstić information content (AvgIpc) is 2.50. The van der Waals surface area contributed by atoms with E-state index in [1.54, 1.807) is 37.3 Å². The van der Waals surface area contributed by atoms with E-state index in [0.717, 1.165) is 15.4 Å². The lowest BCUT2D eigenvalue weighted by molar-refractivity contribution is 0.0948. The lowest BCUT2D eigenvalue weighted by atomic mass is 10.2. The SMILES string of the molecule is Cc1cn(CCCI)c(=O)n(C(=O)c2ccccc2)c1=O. The minimum Gasteiger partial charge on any atom is -0.300 e. The molecule has 0 aliphatic carbocycles. The van der Waals surface area contributed by atoms with Crippen LogP contribution >= 0.6 is 22.6 Å². The van der Waals surface area contributed by atoms with Crippen molar-refractivity contribution in [1.29, 1.82) is 0 Å². The second kappa shape index (κ2) is 6.84. The zero-order chi connectivity index (χ0) is 15.4. The molecule has 0 radical (unpaired) electrons. The molecule has 0 spiro atoms. The van der Waals surface area contributed by atoms with Gasteiger partial charge in [0.25, 0.3) is 11.5 Å². The van der Waals surface area contributed by atoms with E-state index in [4.69, 9.17) is 0 Å². The molecule has 0 amide bonds. The Balaban J connectivity index is 2.58. The van der Waals surface area contributed by atoms with E-state index in [9.17, 15) is 14.4 Å². The molecule has 0 fully saturated rings. The van der Waals surface area contributed by atoms with Crippen LogP contribution in [0.1, 0.15) is 22.3 Å². The van der Waals surface area contributed by atoms with Crippen molar-refractivity contribution in [2.75, 3.05) is 4.43 Å². The highest BCUT2D eigenvalue weighted by Crippen LogP contribution is 2.00. The van der Waals surface area contributed by atoms with Crippen LogP contribution in [0.25, 0.3) is 0 Å². The van der Waals surface area contributed by atoms with Gasteiger partial charge in [0, 0.05) is 28.3 Å². The van der Waals surface area contributed by atoms with E-state index < -0.39 is 17.2 Å². The van der Waals surface area contributed by atoms with Crippen molar-refractivity contribution in [2.24, 2.45) is 0 Å². The molecule has 0 N–H and O–H groups in total. The van der Waals surface area contributed by atoms with Crippen molar-refractivity contribution >= 4 is 28.5 Å². The lowest BCUT2D eigenvalue weighted by Crippen LogP contribution is -2.44. The Morgan fingerprint density at radius 1 is 1.19 bits per heavy atom. The number of alkyl halides is 1. The molecular formula is C15H15IN2O3. The number of carbonyl (C=O) groups excluding carboxylic acids is 1. The summed E-state index contributed by atoms with van der Waals surface area (Å²) >= 11 is 2.22. The Morgan fingerprint density at radius 2 is 1.86 bits per heavy atom. The molecule has 0 unspecified atom stereocenters. The third-order valence-electron chi connectivity index (χ3n) is 3.08. The normalized spacial score (nSPS) is 10.6. The summed E-state index contributed by atoms with van der Waals surface area (Å²) in [6.45, 7) is 2.10. The molecule has 1 heterocycles. The summed E-state index contributed by atoms with van der Waals surface area (Å²) in [5.74, 6) is -0.586. The fourth-order valence-electron chi connectivity index (χ4n) is 2.02. The molecule has 0 bridgehead atoms. The first-order valence-electron chi connectivity index (χ1n) is 6.55. The predicted octanol–water partition coefficient (Wildman–Crippen LogP) is 1.83. The van der Waals surface area contributed by atoms with E-state index in [1.165, 1.54) is 10.8 Å². The zero-order valence-corrected chi connectivity index (χ0v) is 13.7. The van der Waals surface area contributed by atoms with Gasteiger partial charge in [0.2, 0.25) is 0 Å². The number of aryl methyl sites for hydroxylation is 2. The van der Waals surface area contributed by atoms with Crippen LogP contribution in [0.3, 0.4) is 0 Å². The van der Waals surface area contributed by atoms with Crippen LogP contribution in [0.2, 0.25) is 0 Å². The molecule has 0 aliphatic rings. The Bertz CT molecular complexity index is 763. The van der Waals surface area contributed by atoms with Crippen LogP contribution < -0.4 is 11.2 Å². The summed E-state index contributed by atoms with van der Waals surface area (Å²) in [4.78, 5) is 36.9. The molecule has 5 nitrogen and oxygen atoms in total. The topological polar surface area (TPSA) is 61.1 Å². The summed E-state index contributed by atoms with van der Waals surface area (Å²) in [6, 6.07) is 8.34. The van der Waals surface area contributed by atoms with Gasteiger partial charge >= 0.3 is 5.69 Å². The van der Waals surface area contributed by atoms with Gasteiger partial charge < -0.3 is 0 Å². The summed E-state index contributed by atoms with van der Waals surface area (Å²) in [5.41, 5.74) is -0.432. The number of halogens is 1. The molecule has 2 aromatic rings. The number of hydrogen-bond donors (Lipinski definition) is 0. The Morgan fingerprint density at radius 3 is 2.48 bits per heavy atom. The van der Waals surface area contributed by atoms with E-state index in [2.05, 4.69) is 22.6 Å². The highest BCUT2D eigenvalue weighted by molar-refractivity contribution is 14.1. The maximum Gasteiger partial charge on any atom is 0.338 e. The van der Waals surface area contributed by atoms with Gasteiger partial charge in [-0.25, -0.2) is 4.79 Å². The van der Waals surface area contributed by atoms with Gasteiger partial charge in [0.1, 0.15) is 0 Å². The molecule has 2 rings (SSSR count). The first-order valence-corrected chi connectivity index (χ1v) is 8.07. The quantitative estimate of drug-likeness (QED) is 0.584. The highest BCUT2D eigenvalue weighted by atomic mass is 127. The second-order valence-electron chi connectivity index (χ2n) is 4.64. The first kappa shape index (κ1) is 15.7.